The van der Waals surface area contributed by atoms with Crippen LogP contribution in [0.15, 0.2) is 12.3 Å². The highest BCUT2D eigenvalue weighted by Crippen LogP contribution is 2.20. The zero-order chi connectivity index (χ0) is 10.6. The first-order chi connectivity index (χ1) is 6.67. The molecular formula is C11H21N3. The summed E-state index contributed by atoms with van der Waals surface area (Å²) in [4.78, 5) is 0. The van der Waals surface area contributed by atoms with Crippen molar-refractivity contribution < 1.29 is 0 Å². The van der Waals surface area contributed by atoms with Crippen molar-refractivity contribution in [1.29, 1.82) is 0 Å². The molecule has 1 aromatic heterocycles. The average molecular weight is 195 g/mol. The maximum Gasteiger partial charge on any atom is 0.0793 e. The van der Waals surface area contributed by atoms with Crippen LogP contribution in [0.5, 0.6) is 0 Å². The van der Waals surface area contributed by atoms with E-state index in [4.69, 9.17) is 0 Å². The third-order valence-electron chi connectivity index (χ3n) is 2.77. The maximum absolute atomic E-state index is 4.42. The number of rotatable bonds is 5. The molecule has 1 heterocycles. The number of aryl methyl sites for hydroxylation is 1. The van der Waals surface area contributed by atoms with Gasteiger partial charge in [0.2, 0.25) is 0 Å². The minimum Gasteiger partial charge on any atom is -0.312 e. The number of nitrogens with zero attached hydrogens (tertiary/aromatic N) is 2. The first-order valence-corrected chi connectivity index (χ1v) is 5.34. The van der Waals surface area contributed by atoms with E-state index in [9.17, 15) is 0 Å². The Kier molecular flexibility index (Phi) is 4.14. The van der Waals surface area contributed by atoms with E-state index in [0.29, 0.717) is 6.04 Å². The van der Waals surface area contributed by atoms with Crippen molar-refractivity contribution in [2.45, 2.75) is 32.7 Å². The predicted octanol–water partition coefficient (Wildman–Crippen LogP) is 2.12. The largest absolute Gasteiger partial charge is 0.312 e. The molecule has 0 aromatic carbocycles. The van der Waals surface area contributed by atoms with E-state index >= 15 is 0 Å². The van der Waals surface area contributed by atoms with Gasteiger partial charge in [0.15, 0.2) is 0 Å². The first kappa shape index (κ1) is 11.2. The maximum atomic E-state index is 4.42. The molecule has 2 unspecified atom stereocenters. The van der Waals surface area contributed by atoms with Gasteiger partial charge in [0, 0.05) is 13.2 Å². The Balaban J connectivity index is 2.62. The Morgan fingerprint density at radius 2 is 2.29 bits per heavy atom. The van der Waals surface area contributed by atoms with Crippen molar-refractivity contribution in [3.05, 3.63) is 18.0 Å². The Morgan fingerprint density at radius 1 is 1.57 bits per heavy atom. The quantitative estimate of drug-likeness (QED) is 0.780. The van der Waals surface area contributed by atoms with Crippen molar-refractivity contribution in [3.63, 3.8) is 0 Å². The van der Waals surface area contributed by atoms with E-state index in [1.165, 1.54) is 6.42 Å². The van der Waals surface area contributed by atoms with Gasteiger partial charge in [-0.2, -0.15) is 5.10 Å². The lowest BCUT2D eigenvalue weighted by molar-refractivity contribution is 0.413. The molecule has 0 bridgehead atoms. The molecule has 2 atom stereocenters. The van der Waals surface area contributed by atoms with E-state index in [2.05, 4.69) is 30.3 Å². The molecule has 1 N–H and O–H groups in total. The topological polar surface area (TPSA) is 29.9 Å². The highest BCUT2D eigenvalue weighted by molar-refractivity contribution is 5.05. The van der Waals surface area contributed by atoms with Crippen LogP contribution in [0.2, 0.25) is 0 Å². The lowest BCUT2D eigenvalue weighted by Gasteiger charge is -2.17. The molecule has 1 rings (SSSR count). The molecule has 80 valence electrons. The summed E-state index contributed by atoms with van der Waals surface area (Å²) in [5.41, 5.74) is 1.15. The lowest BCUT2D eigenvalue weighted by atomic mass is 9.97. The Bertz CT molecular complexity index is 267. The predicted molar refractivity (Wildman–Crippen MR) is 59.1 cm³/mol. The number of nitrogens with one attached hydrogen (secondary N) is 1. The third-order valence-corrected chi connectivity index (χ3v) is 2.77. The minimum atomic E-state index is 0.395. The van der Waals surface area contributed by atoms with Gasteiger partial charge in [0.05, 0.1) is 11.7 Å². The van der Waals surface area contributed by atoms with Gasteiger partial charge in [0.1, 0.15) is 0 Å². The molecular weight excluding hydrogens is 174 g/mol. The second kappa shape index (κ2) is 5.15. The van der Waals surface area contributed by atoms with Gasteiger partial charge in [-0.15, -0.1) is 0 Å². The summed E-state index contributed by atoms with van der Waals surface area (Å²) in [5, 5.41) is 7.74. The van der Waals surface area contributed by atoms with Crippen LogP contribution in [0, 0.1) is 5.92 Å². The van der Waals surface area contributed by atoms with Crippen molar-refractivity contribution >= 4 is 0 Å². The smallest absolute Gasteiger partial charge is 0.0793 e. The minimum absolute atomic E-state index is 0.395. The highest BCUT2D eigenvalue weighted by atomic mass is 15.3. The van der Waals surface area contributed by atoms with E-state index in [0.717, 1.165) is 18.0 Å². The van der Waals surface area contributed by atoms with Gasteiger partial charge in [-0.05, 0) is 25.5 Å². The summed E-state index contributed by atoms with van der Waals surface area (Å²) in [6.45, 7) is 4.52. The van der Waals surface area contributed by atoms with Crippen LogP contribution in [0.3, 0.4) is 0 Å². The molecule has 0 fully saturated rings. The fraction of sp³-hybridized carbons (Fsp3) is 0.727. The fourth-order valence-electron chi connectivity index (χ4n) is 1.57. The molecule has 0 spiro atoms. The van der Waals surface area contributed by atoms with Crippen molar-refractivity contribution in [3.8, 4) is 0 Å². The molecule has 0 aliphatic heterocycles. The standard InChI is InChI=1S/C11H21N3/c1-5-9(2)8-11(12-3)10-6-7-14(4)13-10/h6-7,9,11-12H,5,8H2,1-4H3. The van der Waals surface area contributed by atoms with Crippen LogP contribution >= 0.6 is 0 Å². The monoisotopic (exact) mass is 195 g/mol. The number of hydrogen-bond donors (Lipinski definition) is 1. The molecule has 0 radical (unpaired) electrons. The Morgan fingerprint density at radius 3 is 2.71 bits per heavy atom. The molecule has 0 saturated carbocycles. The number of hydrogen-bond acceptors (Lipinski definition) is 2. The van der Waals surface area contributed by atoms with Crippen LogP contribution in [-0.2, 0) is 7.05 Å². The van der Waals surface area contributed by atoms with E-state index in [-0.39, 0.29) is 0 Å². The number of aromatic nitrogens is 2. The van der Waals surface area contributed by atoms with E-state index in [1.54, 1.807) is 0 Å². The molecule has 0 aliphatic carbocycles. The van der Waals surface area contributed by atoms with Crippen molar-refractivity contribution in [1.82, 2.24) is 15.1 Å². The summed E-state index contributed by atoms with van der Waals surface area (Å²) in [6, 6.07) is 2.48. The van der Waals surface area contributed by atoms with Gasteiger partial charge in [-0.1, -0.05) is 20.3 Å². The molecule has 14 heavy (non-hydrogen) atoms. The summed E-state index contributed by atoms with van der Waals surface area (Å²) >= 11 is 0. The van der Waals surface area contributed by atoms with Crippen LogP contribution in [0.1, 0.15) is 38.4 Å². The van der Waals surface area contributed by atoms with Crippen LogP contribution < -0.4 is 5.32 Å². The van der Waals surface area contributed by atoms with E-state index < -0.39 is 0 Å². The lowest BCUT2D eigenvalue weighted by Crippen LogP contribution is -2.19. The van der Waals surface area contributed by atoms with E-state index in [1.807, 2.05) is 25.0 Å². The molecule has 0 saturated heterocycles. The molecule has 0 aliphatic rings. The fourth-order valence-corrected chi connectivity index (χ4v) is 1.57. The summed E-state index contributed by atoms with van der Waals surface area (Å²) < 4.78 is 1.86. The zero-order valence-electron chi connectivity index (χ0n) is 9.62. The molecule has 1 aromatic rings. The summed E-state index contributed by atoms with van der Waals surface area (Å²) in [5.74, 6) is 0.745. The van der Waals surface area contributed by atoms with Gasteiger partial charge in [-0.3, -0.25) is 4.68 Å². The zero-order valence-corrected chi connectivity index (χ0v) is 9.62. The summed E-state index contributed by atoms with van der Waals surface area (Å²) in [7, 11) is 3.96. The second-order valence-electron chi connectivity index (χ2n) is 4.00. The molecule has 0 amide bonds. The van der Waals surface area contributed by atoms with Gasteiger partial charge >= 0.3 is 0 Å². The second-order valence-corrected chi connectivity index (χ2v) is 4.00. The third kappa shape index (κ3) is 2.84. The average Bonchev–Trinajstić information content (AvgIpc) is 2.60. The molecule has 3 heteroatoms. The first-order valence-electron chi connectivity index (χ1n) is 5.34. The molecule has 3 nitrogen and oxygen atoms in total. The Labute approximate surface area is 86.5 Å². The van der Waals surface area contributed by atoms with Gasteiger partial charge in [-0.25, -0.2) is 0 Å². The summed E-state index contributed by atoms with van der Waals surface area (Å²) in [6.07, 6.45) is 4.38. The van der Waals surface area contributed by atoms with Crippen molar-refractivity contribution in [2.24, 2.45) is 13.0 Å². The van der Waals surface area contributed by atoms with Gasteiger partial charge in [0.25, 0.3) is 0 Å². The highest BCUT2D eigenvalue weighted by Gasteiger charge is 2.14. The normalized spacial score (nSPS) is 15.4. The Hall–Kier alpha value is -0.830. The van der Waals surface area contributed by atoms with Crippen LogP contribution in [-0.4, -0.2) is 16.8 Å². The van der Waals surface area contributed by atoms with Crippen LogP contribution in [0.4, 0.5) is 0 Å². The SMILES string of the molecule is CCC(C)CC(NC)c1ccn(C)n1. The van der Waals surface area contributed by atoms with Crippen molar-refractivity contribution in [2.75, 3.05) is 7.05 Å². The van der Waals surface area contributed by atoms with Crippen LogP contribution in [0.25, 0.3) is 0 Å². The van der Waals surface area contributed by atoms with Gasteiger partial charge < -0.3 is 5.32 Å².